The Morgan fingerprint density at radius 3 is 2.02 bits per heavy atom. The minimum Gasteiger partial charge on any atom is -0.507 e. The summed E-state index contributed by atoms with van der Waals surface area (Å²) >= 11 is 12.8. The minimum atomic E-state index is -0.594. The van der Waals surface area contributed by atoms with E-state index < -0.39 is 11.6 Å². The van der Waals surface area contributed by atoms with Crippen molar-refractivity contribution in [2.45, 2.75) is 26.3 Å². The summed E-state index contributed by atoms with van der Waals surface area (Å²) in [5, 5.41) is 11.4. The molecule has 1 aliphatic heterocycles. The van der Waals surface area contributed by atoms with E-state index in [0.717, 1.165) is 13.1 Å². The first kappa shape index (κ1) is 28.2. The molecule has 210 valence electrons. The van der Waals surface area contributed by atoms with Crippen LogP contribution in [0.3, 0.4) is 0 Å². The molecule has 4 aromatic rings. The Balaban J connectivity index is 1.53. The molecule has 1 saturated heterocycles. The first-order chi connectivity index (χ1) is 18.8. The SMILES string of the molecule is Cn1ccn(-c2ccc(-c3cc(F)cc(-c4cc(Cl)c(F)c(N5CCN(C(C)(C)C)CC5)c4)c3O)cc2Cl)c1=O. The van der Waals surface area contributed by atoms with Crippen molar-refractivity contribution in [1.82, 2.24) is 14.0 Å². The highest BCUT2D eigenvalue weighted by Gasteiger charge is 2.28. The number of imidazole rings is 1. The summed E-state index contributed by atoms with van der Waals surface area (Å²) in [6.45, 7) is 9.15. The zero-order valence-electron chi connectivity index (χ0n) is 22.7. The van der Waals surface area contributed by atoms with Crippen LogP contribution in [0.1, 0.15) is 20.8 Å². The third kappa shape index (κ3) is 5.23. The third-order valence-electron chi connectivity index (χ3n) is 7.43. The second-order valence-corrected chi connectivity index (χ2v) is 11.8. The molecule has 0 bridgehead atoms. The molecule has 1 N–H and O–H groups in total. The van der Waals surface area contributed by atoms with E-state index in [1.165, 1.54) is 27.3 Å². The lowest BCUT2D eigenvalue weighted by Gasteiger charge is -2.43. The van der Waals surface area contributed by atoms with Gasteiger partial charge in [0.25, 0.3) is 0 Å². The van der Waals surface area contributed by atoms with Crippen molar-refractivity contribution in [3.63, 3.8) is 0 Å². The number of rotatable bonds is 4. The van der Waals surface area contributed by atoms with Crippen molar-refractivity contribution in [3.05, 3.63) is 87.0 Å². The summed E-state index contributed by atoms with van der Waals surface area (Å²) in [5.41, 5.74) is 1.70. The maximum atomic E-state index is 15.2. The van der Waals surface area contributed by atoms with Crippen LogP contribution in [0, 0.1) is 11.6 Å². The van der Waals surface area contributed by atoms with E-state index in [0.29, 0.717) is 35.6 Å². The molecule has 0 atom stereocenters. The van der Waals surface area contributed by atoms with Crippen LogP contribution >= 0.6 is 23.2 Å². The standard InChI is InChI=1S/C30H30Cl2F2N4O2/c1-30(2,3)37-10-8-36(9-11-37)26-15-19(14-24(32)27(26)34)22-17-20(33)16-21(28(22)39)18-5-6-25(23(31)13-18)38-12-7-35(4)29(38)40/h5-7,12-17,39H,8-11H2,1-4H3. The van der Waals surface area contributed by atoms with Gasteiger partial charge in [-0.1, -0.05) is 29.3 Å². The number of hydrogen-bond donors (Lipinski definition) is 1. The molecule has 10 heteroatoms. The van der Waals surface area contributed by atoms with Crippen molar-refractivity contribution < 1.29 is 13.9 Å². The predicted octanol–water partition coefficient (Wildman–Crippen LogP) is 6.72. The number of aromatic nitrogens is 2. The van der Waals surface area contributed by atoms with Crippen molar-refractivity contribution in [2.75, 3.05) is 31.1 Å². The molecule has 1 aromatic heterocycles. The number of anilines is 1. The van der Waals surface area contributed by atoms with Gasteiger partial charge in [0, 0.05) is 62.3 Å². The van der Waals surface area contributed by atoms with E-state index in [1.54, 1.807) is 43.7 Å². The van der Waals surface area contributed by atoms with Crippen molar-refractivity contribution >= 4 is 28.9 Å². The van der Waals surface area contributed by atoms with Gasteiger partial charge < -0.3 is 14.6 Å². The number of aromatic hydroxyl groups is 1. The van der Waals surface area contributed by atoms with Crippen molar-refractivity contribution in [1.29, 1.82) is 0 Å². The molecule has 0 spiro atoms. The first-order valence-electron chi connectivity index (χ1n) is 12.9. The third-order valence-corrected chi connectivity index (χ3v) is 8.01. The molecule has 0 saturated carbocycles. The Labute approximate surface area is 241 Å². The van der Waals surface area contributed by atoms with Gasteiger partial charge in [0.05, 0.1) is 21.4 Å². The van der Waals surface area contributed by atoms with Crippen LogP contribution < -0.4 is 10.6 Å². The molecule has 40 heavy (non-hydrogen) atoms. The maximum Gasteiger partial charge on any atom is 0.332 e. The Morgan fingerprint density at radius 2 is 1.45 bits per heavy atom. The fourth-order valence-electron chi connectivity index (χ4n) is 5.13. The van der Waals surface area contributed by atoms with Crippen LogP contribution in [0.25, 0.3) is 27.9 Å². The number of nitrogens with zero attached hydrogens (tertiary/aromatic N) is 4. The van der Waals surface area contributed by atoms with Crippen LogP contribution in [-0.4, -0.2) is 50.9 Å². The maximum absolute atomic E-state index is 15.2. The van der Waals surface area contributed by atoms with Crippen LogP contribution in [0.15, 0.2) is 59.7 Å². The Bertz CT molecular complexity index is 1650. The van der Waals surface area contributed by atoms with Crippen LogP contribution in [0.5, 0.6) is 5.75 Å². The monoisotopic (exact) mass is 586 g/mol. The Hall–Kier alpha value is -3.33. The molecular formula is C30H30Cl2F2N4O2. The fourth-order valence-corrected chi connectivity index (χ4v) is 5.62. The molecule has 0 amide bonds. The number of phenolic OH excluding ortho intramolecular Hbond substituents is 1. The number of aryl methyl sites for hydroxylation is 1. The summed E-state index contributed by atoms with van der Waals surface area (Å²) in [6, 6.07) is 10.2. The molecule has 0 radical (unpaired) electrons. The van der Waals surface area contributed by atoms with Crippen LogP contribution in [-0.2, 0) is 7.05 Å². The van der Waals surface area contributed by atoms with Gasteiger partial charge in [-0.15, -0.1) is 0 Å². The predicted molar refractivity (Wildman–Crippen MR) is 157 cm³/mol. The van der Waals surface area contributed by atoms with E-state index >= 15 is 4.39 Å². The van der Waals surface area contributed by atoms with Gasteiger partial charge in [0.15, 0.2) is 5.82 Å². The van der Waals surface area contributed by atoms with E-state index in [-0.39, 0.29) is 38.2 Å². The largest absolute Gasteiger partial charge is 0.507 e. The lowest BCUT2D eigenvalue weighted by Crippen LogP contribution is -2.53. The number of benzene rings is 3. The van der Waals surface area contributed by atoms with Crippen LogP contribution in [0.2, 0.25) is 10.0 Å². The minimum absolute atomic E-state index is 0.00599. The highest BCUT2D eigenvalue weighted by Crippen LogP contribution is 2.43. The second-order valence-electron chi connectivity index (χ2n) is 11.0. The van der Waals surface area contributed by atoms with Gasteiger partial charge in [-0.05, 0) is 68.3 Å². The number of hydrogen-bond acceptors (Lipinski definition) is 4. The average molecular weight is 587 g/mol. The lowest BCUT2D eigenvalue weighted by molar-refractivity contribution is 0.128. The van der Waals surface area contributed by atoms with E-state index in [9.17, 15) is 14.3 Å². The van der Waals surface area contributed by atoms with Crippen LogP contribution in [0.4, 0.5) is 14.5 Å². The van der Waals surface area contributed by atoms with Crippen molar-refractivity contribution in [3.8, 4) is 33.7 Å². The van der Waals surface area contributed by atoms with E-state index in [1.807, 2.05) is 4.90 Å². The Kier molecular flexibility index (Phi) is 7.46. The highest BCUT2D eigenvalue weighted by atomic mass is 35.5. The number of phenols is 1. The topological polar surface area (TPSA) is 53.6 Å². The van der Waals surface area contributed by atoms with Gasteiger partial charge in [-0.25, -0.2) is 13.6 Å². The number of piperazine rings is 1. The molecule has 2 heterocycles. The highest BCUT2D eigenvalue weighted by molar-refractivity contribution is 6.32. The molecule has 1 aliphatic rings. The van der Waals surface area contributed by atoms with Gasteiger partial charge in [0.2, 0.25) is 0 Å². The zero-order valence-corrected chi connectivity index (χ0v) is 24.2. The van der Waals surface area contributed by atoms with Gasteiger partial charge >= 0.3 is 5.69 Å². The molecule has 0 unspecified atom stereocenters. The molecule has 5 rings (SSSR count). The van der Waals surface area contributed by atoms with Gasteiger partial charge in [0.1, 0.15) is 11.6 Å². The average Bonchev–Trinajstić information content (AvgIpc) is 3.24. The number of halogens is 4. The van der Waals surface area contributed by atoms with Gasteiger partial charge in [-0.2, -0.15) is 0 Å². The first-order valence-corrected chi connectivity index (χ1v) is 13.7. The van der Waals surface area contributed by atoms with Gasteiger partial charge in [-0.3, -0.25) is 9.47 Å². The summed E-state index contributed by atoms with van der Waals surface area (Å²) in [6.07, 6.45) is 3.21. The Morgan fingerprint density at radius 1 is 0.825 bits per heavy atom. The molecule has 6 nitrogen and oxygen atoms in total. The normalized spacial score (nSPS) is 14.7. The smallest absolute Gasteiger partial charge is 0.332 e. The summed E-state index contributed by atoms with van der Waals surface area (Å²) in [5.74, 6) is -1.35. The van der Waals surface area contributed by atoms with E-state index in [2.05, 4.69) is 25.7 Å². The lowest BCUT2D eigenvalue weighted by atomic mass is 9.96. The zero-order chi connectivity index (χ0) is 28.9. The van der Waals surface area contributed by atoms with Crippen molar-refractivity contribution in [2.24, 2.45) is 7.05 Å². The summed E-state index contributed by atoms with van der Waals surface area (Å²) in [7, 11) is 1.63. The molecule has 0 aliphatic carbocycles. The quantitative estimate of drug-likeness (QED) is 0.288. The summed E-state index contributed by atoms with van der Waals surface area (Å²) in [4.78, 5) is 16.6. The fraction of sp³-hybridized carbons (Fsp3) is 0.300. The molecule has 3 aromatic carbocycles. The second kappa shape index (κ2) is 10.6. The molecular weight excluding hydrogens is 557 g/mol. The molecule has 1 fully saturated rings. The van der Waals surface area contributed by atoms with E-state index in [4.69, 9.17) is 23.2 Å². The summed E-state index contributed by atoms with van der Waals surface area (Å²) < 4.78 is 33.0.